The summed E-state index contributed by atoms with van der Waals surface area (Å²) in [5.74, 6) is -0.813. The van der Waals surface area contributed by atoms with Gasteiger partial charge >= 0.3 is 6.03 Å². The van der Waals surface area contributed by atoms with Crippen LogP contribution in [0.2, 0.25) is 0 Å². The Morgan fingerprint density at radius 1 is 1.24 bits per heavy atom. The Hall–Kier alpha value is -1.65. The summed E-state index contributed by atoms with van der Waals surface area (Å²) in [7, 11) is 0. The quantitative estimate of drug-likeness (QED) is 0.642. The first-order valence-corrected chi connectivity index (χ1v) is 7.83. The first kappa shape index (κ1) is 15.7. The molecule has 1 N–H and O–H groups in total. The molecule has 116 valence electrons. The minimum atomic E-state index is -1.19. The van der Waals surface area contributed by atoms with Gasteiger partial charge in [-0.15, -0.1) is 0 Å². The molecule has 0 radical (unpaired) electrons. The fourth-order valence-corrected chi connectivity index (χ4v) is 3.35. The van der Waals surface area contributed by atoms with E-state index in [-0.39, 0.29) is 11.9 Å². The van der Waals surface area contributed by atoms with Crippen molar-refractivity contribution in [2.45, 2.75) is 65.3 Å². The number of carbonyl (C=O) groups excluding carboxylic acids is 3. The molecule has 1 aliphatic carbocycles. The molecule has 1 unspecified atom stereocenters. The van der Waals surface area contributed by atoms with Gasteiger partial charge in [-0.2, -0.15) is 0 Å². The van der Waals surface area contributed by atoms with Gasteiger partial charge < -0.3 is 0 Å². The average Bonchev–Trinajstić information content (AvgIpc) is 2.68. The van der Waals surface area contributed by atoms with E-state index in [2.05, 4.69) is 5.32 Å². The van der Waals surface area contributed by atoms with E-state index in [0.29, 0.717) is 6.42 Å². The van der Waals surface area contributed by atoms with Gasteiger partial charge in [-0.1, -0.05) is 19.4 Å². The largest absolute Gasteiger partial charge is 0.331 e. The summed E-state index contributed by atoms with van der Waals surface area (Å²) in [6.45, 7) is 5.42. The third-order valence-electron chi connectivity index (χ3n) is 4.55. The van der Waals surface area contributed by atoms with Crippen molar-refractivity contribution in [3.8, 4) is 0 Å². The molecule has 2 aliphatic rings. The third kappa shape index (κ3) is 2.49. The fourth-order valence-electron chi connectivity index (χ4n) is 3.35. The number of allylic oxidation sites excluding steroid dienone is 1. The van der Waals surface area contributed by atoms with Gasteiger partial charge in [0.25, 0.3) is 5.91 Å². The van der Waals surface area contributed by atoms with E-state index in [1.807, 2.05) is 13.0 Å². The highest BCUT2D eigenvalue weighted by Gasteiger charge is 2.55. The Morgan fingerprint density at radius 3 is 2.57 bits per heavy atom. The van der Waals surface area contributed by atoms with Crippen molar-refractivity contribution in [2.75, 3.05) is 0 Å². The number of nitrogens with zero attached hydrogens (tertiary/aromatic N) is 1. The molecular formula is C16H24N2O3. The number of imide groups is 2. The number of hydrogen-bond acceptors (Lipinski definition) is 3. The number of nitrogens with one attached hydrogen (secondary N) is 1. The van der Waals surface area contributed by atoms with E-state index in [1.54, 1.807) is 13.8 Å². The standard InChI is InChI=1S/C16H24N2O3/c1-4-16(12-9-7-5-6-8-10-12)13(19)17-15(21)18(11(2)3)14(16)20/h9,11H,4-8,10H2,1-3H3,(H,17,19,21). The topological polar surface area (TPSA) is 66.5 Å². The van der Waals surface area contributed by atoms with Crippen molar-refractivity contribution in [3.05, 3.63) is 11.6 Å². The zero-order valence-electron chi connectivity index (χ0n) is 13.1. The van der Waals surface area contributed by atoms with Crippen molar-refractivity contribution in [3.63, 3.8) is 0 Å². The smallest absolute Gasteiger partial charge is 0.276 e. The summed E-state index contributed by atoms with van der Waals surface area (Å²) in [5, 5.41) is 2.39. The minimum absolute atomic E-state index is 0.261. The lowest BCUT2D eigenvalue weighted by Gasteiger charge is -2.41. The summed E-state index contributed by atoms with van der Waals surface area (Å²) < 4.78 is 0. The van der Waals surface area contributed by atoms with Crippen molar-refractivity contribution < 1.29 is 14.4 Å². The van der Waals surface area contributed by atoms with Crippen LogP contribution in [-0.2, 0) is 9.59 Å². The first-order chi connectivity index (χ1) is 9.95. The maximum absolute atomic E-state index is 13.0. The molecule has 0 saturated carbocycles. The number of barbiturate groups is 1. The molecule has 5 heteroatoms. The molecule has 1 fully saturated rings. The van der Waals surface area contributed by atoms with Crippen LogP contribution >= 0.6 is 0 Å². The molecule has 1 atom stereocenters. The Labute approximate surface area is 125 Å². The Bertz CT molecular complexity index is 496. The van der Waals surface area contributed by atoms with Crippen molar-refractivity contribution in [1.82, 2.24) is 10.2 Å². The number of amides is 4. The second-order valence-electron chi connectivity index (χ2n) is 6.12. The number of rotatable bonds is 3. The maximum Gasteiger partial charge on any atom is 0.331 e. The third-order valence-corrected chi connectivity index (χ3v) is 4.55. The maximum atomic E-state index is 13.0. The molecule has 21 heavy (non-hydrogen) atoms. The molecule has 0 aromatic rings. The molecule has 4 amide bonds. The first-order valence-electron chi connectivity index (χ1n) is 7.83. The molecule has 2 rings (SSSR count). The van der Waals surface area contributed by atoms with Crippen LogP contribution in [0.1, 0.15) is 59.3 Å². The van der Waals surface area contributed by atoms with Gasteiger partial charge in [0.1, 0.15) is 5.41 Å². The zero-order valence-corrected chi connectivity index (χ0v) is 13.1. The van der Waals surface area contributed by atoms with E-state index in [1.165, 1.54) is 4.90 Å². The van der Waals surface area contributed by atoms with Crippen LogP contribution in [0.15, 0.2) is 11.6 Å². The molecule has 0 aromatic carbocycles. The molecule has 1 saturated heterocycles. The molecule has 1 heterocycles. The lowest BCUT2D eigenvalue weighted by molar-refractivity contribution is -0.150. The molecule has 5 nitrogen and oxygen atoms in total. The van der Waals surface area contributed by atoms with E-state index in [4.69, 9.17) is 0 Å². The highest BCUT2D eigenvalue weighted by atomic mass is 16.2. The van der Waals surface area contributed by atoms with E-state index >= 15 is 0 Å². The fraction of sp³-hybridized carbons (Fsp3) is 0.688. The average molecular weight is 292 g/mol. The monoisotopic (exact) mass is 292 g/mol. The summed E-state index contributed by atoms with van der Waals surface area (Å²) in [4.78, 5) is 38.6. The normalized spacial score (nSPS) is 27.5. The Morgan fingerprint density at radius 2 is 1.95 bits per heavy atom. The Balaban J connectivity index is 2.48. The number of carbonyl (C=O) groups is 3. The van der Waals surface area contributed by atoms with Crippen LogP contribution < -0.4 is 5.32 Å². The predicted octanol–water partition coefficient (Wildman–Crippen LogP) is 2.76. The van der Waals surface area contributed by atoms with E-state index in [9.17, 15) is 14.4 Å². The Kier molecular flexibility index (Phi) is 4.49. The number of hydrogen-bond donors (Lipinski definition) is 1. The van der Waals surface area contributed by atoms with E-state index < -0.39 is 17.4 Å². The molecule has 0 aromatic heterocycles. The van der Waals surface area contributed by atoms with Crippen molar-refractivity contribution in [1.29, 1.82) is 0 Å². The molecule has 0 bridgehead atoms. The van der Waals surface area contributed by atoms with Crippen LogP contribution in [0.5, 0.6) is 0 Å². The zero-order chi connectivity index (χ0) is 15.6. The van der Waals surface area contributed by atoms with Crippen LogP contribution in [0.25, 0.3) is 0 Å². The molecule has 1 aliphatic heterocycles. The summed E-state index contributed by atoms with van der Waals surface area (Å²) in [5.41, 5.74) is -0.300. The van der Waals surface area contributed by atoms with E-state index in [0.717, 1.165) is 37.7 Å². The van der Waals surface area contributed by atoms with Crippen molar-refractivity contribution >= 4 is 17.8 Å². The van der Waals surface area contributed by atoms with Crippen LogP contribution in [0.4, 0.5) is 4.79 Å². The molecular weight excluding hydrogens is 268 g/mol. The lowest BCUT2D eigenvalue weighted by Crippen LogP contribution is -2.65. The van der Waals surface area contributed by atoms with Gasteiger partial charge in [0.05, 0.1) is 0 Å². The number of urea groups is 1. The van der Waals surface area contributed by atoms with Gasteiger partial charge in [0, 0.05) is 6.04 Å². The highest BCUT2D eigenvalue weighted by Crippen LogP contribution is 2.41. The predicted molar refractivity (Wildman–Crippen MR) is 79.4 cm³/mol. The van der Waals surface area contributed by atoms with Gasteiger partial charge in [-0.3, -0.25) is 19.8 Å². The summed E-state index contributed by atoms with van der Waals surface area (Å²) in [6.07, 6.45) is 7.28. The lowest BCUT2D eigenvalue weighted by atomic mass is 9.72. The second kappa shape index (κ2) is 6.00. The van der Waals surface area contributed by atoms with Gasteiger partial charge in [0.15, 0.2) is 0 Å². The second-order valence-corrected chi connectivity index (χ2v) is 6.12. The van der Waals surface area contributed by atoms with Crippen LogP contribution in [0.3, 0.4) is 0 Å². The van der Waals surface area contributed by atoms with Gasteiger partial charge in [0.2, 0.25) is 5.91 Å². The molecule has 0 spiro atoms. The van der Waals surface area contributed by atoms with Crippen LogP contribution in [-0.4, -0.2) is 28.8 Å². The van der Waals surface area contributed by atoms with Gasteiger partial charge in [-0.05, 0) is 51.5 Å². The van der Waals surface area contributed by atoms with Crippen molar-refractivity contribution in [2.24, 2.45) is 5.41 Å². The summed E-state index contributed by atoms with van der Waals surface area (Å²) in [6, 6.07) is -0.860. The minimum Gasteiger partial charge on any atom is -0.276 e. The highest BCUT2D eigenvalue weighted by molar-refractivity contribution is 6.21. The van der Waals surface area contributed by atoms with Gasteiger partial charge in [-0.25, -0.2) is 4.79 Å². The van der Waals surface area contributed by atoms with Crippen LogP contribution in [0, 0.1) is 5.41 Å². The summed E-state index contributed by atoms with van der Waals surface area (Å²) >= 11 is 0. The SMILES string of the molecule is CCC1(C2=CCCCCC2)C(=O)NC(=O)N(C(C)C)C1=O.